The Morgan fingerprint density at radius 2 is 0.728 bits per heavy atom. The van der Waals surface area contributed by atoms with Crippen molar-refractivity contribution in [3.8, 4) is 11.5 Å². The molecule has 0 spiro atoms. The van der Waals surface area contributed by atoms with Crippen LogP contribution in [0.1, 0.15) is 271 Å². The first-order valence-electron chi connectivity index (χ1n) is 45.0. The minimum absolute atomic E-state index is 0.00366. The Labute approximate surface area is 750 Å². The maximum Gasteiger partial charge on any atom is 0.270 e. The summed E-state index contributed by atoms with van der Waals surface area (Å²) < 4.78 is 172. The predicted octanol–water partition coefficient (Wildman–Crippen LogP) is 21.6. The molecule has 0 radical (unpaired) electrons. The van der Waals surface area contributed by atoms with Crippen LogP contribution in [0, 0.1) is 60.1 Å². The molecule has 125 heavy (non-hydrogen) atoms. The minimum Gasteiger partial charge on any atom is -0.457 e. The Morgan fingerprint density at radius 3 is 1.06 bits per heavy atom. The SMILES string of the molecule is C=S(=O)(c1ccc(C(C)(C)OC)cc1)N1CC2CC(C)(C1)CC2(C)C.CC1(C)CC2CC(C)(CN2S(=O)(=O)c2ccc(C(C)(C)O)cc2)C1.CC1(C)CC2CC(C)(CN2S(=O)(=O)c2ccc(C(C)(F)F)cc2)C1.CC1(C)CC2CC(C)(CN2S(=O)(=O)c2ccc(Oc3ccccc3)cc2)C1.CCOC(C)c1ccc(S(=O)(=O)N2CC3(C)CC2CC(C)(C)C3)cc1. The van der Waals surface area contributed by atoms with Crippen molar-refractivity contribution in [2.45, 2.75) is 314 Å². The van der Waals surface area contributed by atoms with Gasteiger partial charge in [-0.15, -0.1) is 0 Å². The molecule has 692 valence electrons. The topological polar surface area (TPSA) is 218 Å². The van der Waals surface area contributed by atoms with Crippen LogP contribution in [0.2, 0.25) is 0 Å². The second-order valence-corrected chi connectivity index (χ2v) is 55.5. The van der Waals surface area contributed by atoms with Crippen molar-refractivity contribution in [3.05, 3.63) is 174 Å². The molecule has 5 heterocycles. The summed E-state index contributed by atoms with van der Waals surface area (Å²) in [5, 5.41) is 10.0. The van der Waals surface area contributed by atoms with Gasteiger partial charge in [-0.3, -0.25) is 0 Å². The predicted molar refractivity (Wildman–Crippen MR) is 497 cm³/mol. The van der Waals surface area contributed by atoms with Gasteiger partial charge >= 0.3 is 0 Å². The Hall–Kier alpha value is -5.52. The Balaban J connectivity index is 0.000000142. The van der Waals surface area contributed by atoms with E-state index in [-0.39, 0.29) is 95.1 Å². The lowest BCUT2D eigenvalue weighted by atomic mass is 9.65. The van der Waals surface area contributed by atoms with Gasteiger partial charge in [-0.2, -0.15) is 17.2 Å². The maximum absolute atomic E-state index is 13.6. The van der Waals surface area contributed by atoms with E-state index in [2.05, 4.69) is 114 Å². The monoisotopic (exact) mass is 1820 g/mol. The van der Waals surface area contributed by atoms with Crippen molar-refractivity contribution in [1.29, 1.82) is 0 Å². The standard InChI is InChI=1S/C22H27NO3S.C21H33NO2S.C20H31NO3S.C19H29NO3S.C18H25F2NO2S/c1-21(2)13-17-14-22(3,15-21)16-23(17)27(24,25)20-11-9-19(10-12-20)26-18-7-5-4-6-8-18;1-19(2)14-21(5)12-17(19)13-22(15-21)25(7,23)18-10-8-16(9-11-18)20(3,4)24-6;1-6-24-15(2)16-7-9-18(10-8-16)25(22,23)21-14-20(5)12-17(21)11-19(3,4)13-20;1-17(2)10-15-11-19(5,12-17)13-20(15)24(22,23)16-8-6-14(7-9-16)18(3,4)21;1-16(2)9-14-10-17(3,11-16)12-21(14)24(22,23)15-7-5-13(6-8-15)18(4,19)20/h4-12,17H,13-16H2,1-3H3;8-11,17H,7,12-15H2,1-6H3;7-10,15,17H,6,11-14H2,1-5H3;6-9,15,21H,10-13H2,1-5H3;5-8,14H,9-12H2,1-4H3. The number of halogens is 2. The van der Waals surface area contributed by atoms with Gasteiger partial charge < -0.3 is 19.3 Å². The highest BCUT2D eigenvalue weighted by atomic mass is 32.2. The average molecular weight is 1820 g/mol. The number of benzene rings is 6. The largest absolute Gasteiger partial charge is 0.457 e. The number of hydrogen-bond acceptors (Lipinski definition) is 13. The summed E-state index contributed by atoms with van der Waals surface area (Å²) in [7, 11) is -14.8. The van der Waals surface area contributed by atoms with E-state index in [9.17, 15) is 51.8 Å². The summed E-state index contributed by atoms with van der Waals surface area (Å²) in [6.07, 6.45) is 14.1. The quantitative estimate of drug-likeness (QED) is 0.0747. The summed E-state index contributed by atoms with van der Waals surface area (Å²) in [4.78, 5) is 1.99. The Morgan fingerprint density at radius 1 is 0.416 bits per heavy atom. The van der Waals surface area contributed by atoms with Crippen molar-refractivity contribution in [3.63, 3.8) is 0 Å². The third-order valence-corrected chi connectivity index (χ3v) is 38.7. The number of ether oxygens (including phenoxy) is 3. The number of alkyl halides is 2. The van der Waals surface area contributed by atoms with Crippen LogP contribution in [0.3, 0.4) is 0 Å². The molecule has 0 amide bonds. The molecule has 10 fully saturated rings. The van der Waals surface area contributed by atoms with Crippen molar-refractivity contribution < 1.29 is 66.0 Å². The van der Waals surface area contributed by atoms with E-state index in [0.29, 0.717) is 64.6 Å². The third kappa shape index (κ3) is 22.0. The van der Waals surface area contributed by atoms with Crippen LogP contribution in [0.15, 0.2) is 176 Å². The maximum atomic E-state index is 13.6. The van der Waals surface area contributed by atoms with Crippen molar-refractivity contribution in [1.82, 2.24) is 21.5 Å². The molecular formula is C100H145F2N5O13S5. The van der Waals surface area contributed by atoms with Crippen LogP contribution >= 0.6 is 0 Å². The second-order valence-electron chi connectivity index (χ2n) is 45.7. The van der Waals surface area contributed by atoms with Gasteiger partial charge in [0.15, 0.2) is 0 Å². The van der Waals surface area contributed by atoms with Crippen LogP contribution in [0.5, 0.6) is 11.5 Å². The highest BCUT2D eigenvalue weighted by molar-refractivity contribution is 7.98. The van der Waals surface area contributed by atoms with Crippen molar-refractivity contribution in [2.24, 2.45) is 60.1 Å². The number of para-hydroxylation sites is 1. The number of aliphatic hydroxyl groups is 1. The van der Waals surface area contributed by atoms with Gasteiger partial charge in [0.2, 0.25) is 40.1 Å². The molecule has 0 aromatic heterocycles. The van der Waals surface area contributed by atoms with E-state index in [4.69, 9.17) is 14.2 Å². The lowest BCUT2D eigenvalue weighted by Crippen LogP contribution is -2.45. The number of fused-ring (bicyclic) bond motifs is 10. The summed E-state index contributed by atoms with van der Waals surface area (Å²) >= 11 is 0. The molecule has 5 aliphatic heterocycles. The minimum atomic E-state index is -3.66. The first kappa shape index (κ1) is 98.5. The van der Waals surface area contributed by atoms with Gasteiger partial charge in [-0.25, -0.2) is 51.0 Å². The molecule has 16 rings (SSSR count). The average Bonchev–Trinajstić information content (AvgIpc) is 1.62. The fourth-order valence-electron chi connectivity index (χ4n) is 24.7. The zero-order valence-corrected chi connectivity index (χ0v) is 82.9. The van der Waals surface area contributed by atoms with Gasteiger partial charge in [-0.05, 0) is 299 Å². The van der Waals surface area contributed by atoms with Crippen LogP contribution in [-0.2, 0) is 76.4 Å². The Kier molecular flexibility index (Phi) is 27.2. The summed E-state index contributed by atoms with van der Waals surface area (Å²) in [5.74, 6) is 3.17. The van der Waals surface area contributed by atoms with Crippen LogP contribution in [0.25, 0.3) is 0 Å². The van der Waals surface area contributed by atoms with E-state index in [0.717, 1.165) is 124 Å². The highest BCUT2D eigenvalue weighted by Gasteiger charge is 2.59. The first-order chi connectivity index (χ1) is 57.3. The fraction of sp³-hybridized carbons (Fsp3) is 0.630. The number of rotatable bonds is 19. The molecule has 12 atom stereocenters. The van der Waals surface area contributed by atoms with Crippen LogP contribution in [-0.4, -0.2) is 148 Å². The number of nitrogens with zero attached hydrogens (tertiary/aromatic N) is 5. The molecule has 6 aromatic rings. The molecule has 18 nitrogen and oxygen atoms in total. The summed E-state index contributed by atoms with van der Waals surface area (Å²) in [6, 6.07) is 43.5. The molecule has 10 bridgehead atoms. The number of piperidine rings is 1. The molecular weight excluding hydrogens is 1680 g/mol. The molecule has 6 aromatic carbocycles. The number of sulfonamides is 4. The van der Waals surface area contributed by atoms with E-state index in [1.807, 2.05) is 94.4 Å². The summed E-state index contributed by atoms with van der Waals surface area (Å²) in [5.41, 5.74) is 2.86. The fourth-order valence-corrected chi connectivity index (χ4v) is 33.6. The van der Waals surface area contributed by atoms with Crippen molar-refractivity contribution >= 4 is 55.7 Å². The van der Waals surface area contributed by atoms with Gasteiger partial charge in [0.25, 0.3) is 5.92 Å². The smallest absolute Gasteiger partial charge is 0.270 e. The molecule has 12 unspecified atom stereocenters. The zero-order valence-electron chi connectivity index (χ0n) is 78.8. The van der Waals surface area contributed by atoms with Gasteiger partial charge in [0.1, 0.15) is 11.5 Å². The summed E-state index contributed by atoms with van der Waals surface area (Å²) in [6.45, 7) is 50.8. The van der Waals surface area contributed by atoms with E-state index in [1.165, 1.54) is 37.1 Å². The normalized spacial score (nSPS) is 30.0. The molecule has 10 aliphatic rings. The van der Waals surface area contributed by atoms with E-state index >= 15 is 0 Å². The zero-order chi connectivity index (χ0) is 92.3. The molecule has 5 saturated carbocycles. The second kappa shape index (κ2) is 34.6. The lowest BCUT2D eigenvalue weighted by molar-refractivity contribution is 0.0173. The molecule has 1 N–H and O–H groups in total. The van der Waals surface area contributed by atoms with Crippen molar-refractivity contribution in [2.75, 3.05) is 53.0 Å². The van der Waals surface area contributed by atoms with E-state index < -0.39 is 61.3 Å². The third-order valence-electron chi connectivity index (χ3n) is 28.9. The molecule has 25 heteroatoms. The number of methoxy groups -OCH3 is 1. The Bertz CT molecular complexity index is 5300. The van der Waals surface area contributed by atoms with Crippen LogP contribution in [0.4, 0.5) is 8.78 Å². The first-order valence-corrected chi connectivity index (χ1v) is 52.4. The molecule has 5 aliphatic carbocycles. The van der Waals surface area contributed by atoms with Crippen LogP contribution < -0.4 is 4.74 Å². The van der Waals surface area contributed by atoms with E-state index in [1.54, 1.807) is 98.8 Å². The van der Waals surface area contributed by atoms with Gasteiger partial charge in [-0.1, -0.05) is 171 Å². The highest BCUT2D eigenvalue weighted by Crippen LogP contribution is 2.60. The van der Waals surface area contributed by atoms with Gasteiger partial charge in [0.05, 0.1) is 46.6 Å². The lowest BCUT2D eigenvalue weighted by Gasteiger charge is -2.40. The molecule has 5 saturated heterocycles. The number of hydrogen-bond donors (Lipinski definition) is 1. The van der Waals surface area contributed by atoms with Gasteiger partial charge in [0, 0.05) is 94.5 Å².